The van der Waals surface area contributed by atoms with Gasteiger partial charge in [-0.25, -0.2) is 0 Å². The Bertz CT molecular complexity index is 339. The van der Waals surface area contributed by atoms with Crippen LogP contribution in [0.1, 0.15) is 27.2 Å². The van der Waals surface area contributed by atoms with E-state index in [0.717, 1.165) is 0 Å². The van der Waals surface area contributed by atoms with Gasteiger partial charge in [0.15, 0.2) is 14.8 Å². The molecule has 1 aliphatic rings. The highest BCUT2D eigenvalue weighted by Crippen LogP contribution is 2.42. The van der Waals surface area contributed by atoms with Gasteiger partial charge in [-0.1, -0.05) is 25.9 Å². The van der Waals surface area contributed by atoms with Crippen LogP contribution in [-0.2, 0) is 9.16 Å². The minimum atomic E-state index is -1.32. The Morgan fingerprint density at radius 1 is 1.50 bits per heavy atom. The molecule has 1 heterocycles. The second-order valence-corrected chi connectivity index (χ2v) is 8.36. The van der Waals surface area contributed by atoms with E-state index in [2.05, 4.69) is 23.1 Å². The molecule has 0 radical (unpaired) electrons. The smallest absolute Gasteiger partial charge is 0.174 e. The lowest BCUT2D eigenvalue weighted by molar-refractivity contribution is -0.283. The van der Waals surface area contributed by atoms with Gasteiger partial charge in [0.2, 0.25) is 0 Å². The zero-order chi connectivity index (χ0) is 14.0. The average molecular weight is 273 g/mol. The van der Waals surface area contributed by atoms with E-state index in [4.69, 9.17) is 14.7 Å². The summed E-state index contributed by atoms with van der Waals surface area (Å²) >= 11 is 0. The summed E-state index contributed by atoms with van der Waals surface area (Å²) in [6.45, 7) is 10.4. The van der Waals surface area contributed by atoms with E-state index < -0.39 is 27.0 Å². The zero-order valence-electron chi connectivity index (χ0n) is 11.8. The molecule has 104 valence electrons. The molecule has 0 aromatic carbocycles. The second kappa shape index (κ2) is 5.58. The number of rotatable bonds is 3. The molecular weight excluding hydrogens is 250 g/mol. The van der Waals surface area contributed by atoms with Gasteiger partial charge < -0.3 is 14.3 Å². The number of hydrogen-bond acceptors (Lipinski definition) is 4. The van der Waals surface area contributed by atoms with Gasteiger partial charge in [0.25, 0.3) is 0 Å². The Labute approximate surface area is 110 Å². The van der Waals surface area contributed by atoms with Gasteiger partial charge in [-0.3, -0.25) is 0 Å². The second-order valence-electron chi connectivity index (χ2n) is 6.02. The van der Waals surface area contributed by atoms with Gasteiger partial charge in [0.1, 0.15) is 0 Å². The first-order valence-electron chi connectivity index (χ1n) is 6.26. The molecular formula is C11H23N3O3Si. The highest BCUT2D eigenvalue weighted by molar-refractivity contribution is 6.48. The van der Waals surface area contributed by atoms with Gasteiger partial charge in [-0.2, -0.15) is 0 Å². The maximum absolute atomic E-state index is 9.80. The fourth-order valence-electron chi connectivity index (χ4n) is 2.15. The van der Waals surface area contributed by atoms with Crippen LogP contribution in [0.5, 0.6) is 0 Å². The van der Waals surface area contributed by atoms with Crippen LogP contribution in [0.2, 0.25) is 13.1 Å². The molecule has 0 aromatic heterocycles. The fraction of sp³-hybridized carbons (Fsp3) is 1.00. The van der Waals surface area contributed by atoms with E-state index in [1.807, 2.05) is 20.8 Å². The van der Waals surface area contributed by atoms with Crippen molar-refractivity contribution in [2.24, 2.45) is 10.5 Å². The first-order chi connectivity index (χ1) is 8.22. The first-order valence-corrected chi connectivity index (χ1v) is 9.04. The average Bonchev–Trinajstić information content (AvgIpc) is 2.21. The topological polar surface area (TPSA) is 87.5 Å². The minimum Gasteiger partial charge on any atom is -0.393 e. The van der Waals surface area contributed by atoms with Crippen molar-refractivity contribution in [1.29, 1.82) is 0 Å². The maximum Gasteiger partial charge on any atom is 0.174 e. The quantitative estimate of drug-likeness (QED) is 0.370. The van der Waals surface area contributed by atoms with Crippen molar-refractivity contribution in [1.82, 2.24) is 0 Å². The Kier molecular flexibility index (Phi) is 4.80. The van der Waals surface area contributed by atoms with Gasteiger partial charge in [-0.05, 0) is 18.6 Å². The molecule has 0 unspecified atom stereocenters. The summed E-state index contributed by atoms with van der Waals surface area (Å²) < 4.78 is 11.9. The Hall–Kier alpha value is -0.593. The molecule has 0 bridgehead atoms. The monoisotopic (exact) mass is 273 g/mol. The lowest BCUT2D eigenvalue weighted by Gasteiger charge is -2.50. The molecule has 18 heavy (non-hydrogen) atoms. The highest BCUT2D eigenvalue weighted by Gasteiger charge is 2.50. The number of azide groups is 1. The van der Waals surface area contributed by atoms with Crippen molar-refractivity contribution >= 4 is 9.04 Å². The lowest BCUT2D eigenvalue weighted by atomic mass is 9.79. The van der Waals surface area contributed by atoms with Crippen molar-refractivity contribution in [3.05, 3.63) is 10.4 Å². The number of hydrogen-bond donors (Lipinski definition) is 1. The van der Waals surface area contributed by atoms with Crippen LogP contribution in [0.15, 0.2) is 5.11 Å². The molecule has 1 aliphatic heterocycles. The fourth-order valence-corrected chi connectivity index (χ4v) is 3.43. The van der Waals surface area contributed by atoms with Crippen LogP contribution in [0.25, 0.3) is 10.4 Å². The lowest BCUT2D eigenvalue weighted by Crippen LogP contribution is -2.58. The van der Waals surface area contributed by atoms with Crippen molar-refractivity contribution in [3.63, 3.8) is 0 Å². The third-order valence-corrected chi connectivity index (χ3v) is 4.03. The predicted molar refractivity (Wildman–Crippen MR) is 71.7 cm³/mol. The molecule has 6 nitrogen and oxygen atoms in total. The van der Waals surface area contributed by atoms with E-state index in [0.29, 0.717) is 6.42 Å². The van der Waals surface area contributed by atoms with Crippen LogP contribution in [0.4, 0.5) is 0 Å². The summed E-state index contributed by atoms with van der Waals surface area (Å²) in [4.78, 5) is 2.80. The van der Waals surface area contributed by atoms with Crippen molar-refractivity contribution in [3.8, 4) is 0 Å². The normalized spacial score (nSPS) is 33.3. The number of nitrogens with zero attached hydrogens (tertiary/aromatic N) is 3. The molecule has 1 saturated heterocycles. The Morgan fingerprint density at radius 2 is 2.11 bits per heavy atom. The maximum atomic E-state index is 9.80. The Morgan fingerprint density at radius 3 is 2.56 bits per heavy atom. The predicted octanol–water partition coefficient (Wildman–Crippen LogP) is 2.19. The van der Waals surface area contributed by atoms with Crippen LogP contribution < -0.4 is 0 Å². The molecule has 0 saturated carbocycles. The first kappa shape index (κ1) is 15.5. The van der Waals surface area contributed by atoms with Crippen molar-refractivity contribution < 1.29 is 14.3 Å². The molecule has 7 heteroatoms. The van der Waals surface area contributed by atoms with Crippen LogP contribution in [0.3, 0.4) is 0 Å². The summed E-state index contributed by atoms with van der Waals surface area (Å²) in [5.41, 5.74) is 8.32. The van der Waals surface area contributed by atoms with E-state index in [1.54, 1.807) is 0 Å². The van der Waals surface area contributed by atoms with Gasteiger partial charge >= 0.3 is 0 Å². The van der Waals surface area contributed by atoms with Crippen molar-refractivity contribution in [2.45, 2.75) is 58.2 Å². The molecule has 3 atom stereocenters. The summed E-state index contributed by atoms with van der Waals surface area (Å²) in [6, 6.07) is -0.490. The van der Waals surface area contributed by atoms with Crippen LogP contribution in [-0.4, -0.2) is 38.7 Å². The molecule has 0 spiro atoms. The van der Waals surface area contributed by atoms with Crippen molar-refractivity contribution in [2.75, 3.05) is 6.61 Å². The largest absolute Gasteiger partial charge is 0.393 e. The molecule has 0 aromatic rings. The molecule has 1 rings (SSSR count). The molecule has 1 fully saturated rings. The highest BCUT2D eigenvalue weighted by atomic mass is 28.3. The summed E-state index contributed by atoms with van der Waals surface area (Å²) in [7, 11) is -1.32. The van der Waals surface area contributed by atoms with Crippen LogP contribution >= 0.6 is 0 Å². The third-order valence-electron chi connectivity index (χ3n) is 3.18. The number of aliphatic hydroxyl groups is 1. The zero-order valence-corrected chi connectivity index (χ0v) is 12.9. The third kappa shape index (κ3) is 3.24. The van der Waals surface area contributed by atoms with Gasteiger partial charge in [0, 0.05) is 16.7 Å². The van der Waals surface area contributed by atoms with E-state index >= 15 is 0 Å². The van der Waals surface area contributed by atoms with E-state index in [9.17, 15) is 5.11 Å². The number of aliphatic hydroxyl groups excluding tert-OH is 1. The van der Waals surface area contributed by atoms with Gasteiger partial charge in [0.05, 0.1) is 18.8 Å². The number of ether oxygens (including phenoxy) is 1. The summed E-state index contributed by atoms with van der Waals surface area (Å²) in [5.74, 6) is -0.772. The van der Waals surface area contributed by atoms with Gasteiger partial charge in [-0.15, -0.1) is 0 Å². The molecule has 1 N–H and O–H groups in total. The van der Waals surface area contributed by atoms with E-state index in [1.165, 1.54) is 0 Å². The summed E-state index contributed by atoms with van der Waals surface area (Å²) in [5, 5.41) is 13.5. The molecule has 0 aliphatic carbocycles. The Balaban J connectivity index is 3.01. The minimum absolute atomic E-state index is 0.141. The van der Waals surface area contributed by atoms with Crippen LogP contribution in [0, 0.1) is 5.41 Å². The SMILES string of the molecule is C[SiH](C)O[C@@]1(C(C)(C)C)C[C@H](N=[N+]=[N-])[C@H](O)CO1. The van der Waals surface area contributed by atoms with E-state index in [-0.39, 0.29) is 12.0 Å². The molecule has 0 amide bonds. The summed E-state index contributed by atoms with van der Waals surface area (Å²) in [6.07, 6.45) is -0.360. The standard InChI is InChI=1S/C11H23N3O3Si/c1-10(2,3)11(17-18(4)5)6-8(13-14-12)9(15)7-16-11/h8-9,15,18H,6-7H2,1-5H3/t8-,9+,11+/m0/s1.